The van der Waals surface area contributed by atoms with E-state index in [4.69, 9.17) is 0 Å². The molecule has 0 saturated heterocycles. The summed E-state index contributed by atoms with van der Waals surface area (Å²) in [6.07, 6.45) is 1.91. The Bertz CT molecular complexity index is 338. The second-order valence-electron chi connectivity index (χ2n) is 3.02. The van der Waals surface area contributed by atoms with E-state index in [1.165, 1.54) is 0 Å². The second-order valence-corrected chi connectivity index (χ2v) is 3.02. The molecule has 2 aliphatic rings. The normalized spacial score (nSPS) is 27.0. The molecule has 0 bridgehead atoms. The smallest absolute Gasteiger partial charge is 0.255 e. The van der Waals surface area contributed by atoms with Gasteiger partial charge in [0.1, 0.15) is 5.92 Å². The lowest BCUT2D eigenvalue weighted by Crippen LogP contribution is -2.26. The quantitative estimate of drug-likeness (QED) is 0.554. The Hall–Kier alpha value is -1.45. The first-order valence-electron chi connectivity index (χ1n) is 3.79. The van der Waals surface area contributed by atoms with Crippen LogP contribution in [0.25, 0.3) is 0 Å². The Balaban J connectivity index is 2.46. The van der Waals surface area contributed by atoms with Gasteiger partial charge in [-0.25, -0.2) is 10.4 Å². The van der Waals surface area contributed by atoms with Crippen molar-refractivity contribution in [2.75, 3.05) is 0 Å². The van der Waals surface area contributed by atoms with E-state index in [2.05, 4.69) is 15.5 Å². The summed E-state index contributed by atoms with van der Waals surface area (Å²) in [4.78, 5) is 15.3. The van der Waals surface area contributed by atoms with Crippen molar-refractivity contribution in [1.29, 1.82) is 0 Å². The largest absolute Gasteiger partial charge is 0.272 e. The number of allylic oxidation sites excluding steroid dienone is 1. The zero-order valence-electron chi connectivity index (χ0n) is 6.96. The summed E-state index contributed by atoms with van der Waals surface area (Å²) < 4.78 is 0. The van der Waals surface area contributed by atoms with E-state index in [0.29, 0.717) is 5.84 Å². The molecule has 0 spiro atoms. The predicted octanol–water partition coefficient (Wildman–Crippen LogP) is 0.467. The first-order valence-corrected chi connectivity index (χ1v) is 3.79. The number of aliphatic imine (C=N–C) groups is 1. The molecule has 12 heavy (non-hydrogen) atoms. The highest BCUT2D eigenvalue weighted by atomic mass is 16.2. The van der Waals surface area contributed by atoms with Crippen LogP contribution >= 0.6 is 0 Å². The molecule has 0 aromatic heterocycles. The molecule has 0 saturated carbocycles. The van der Waals surface area contributed by atoms with Crippen molar-refractivity contribution in [3.05, 3.63) is 11.6 Å². The fraction of sp³-hybridized carbons (Fsp3) is 0.375. The van der Waals surface area contributed by atoms with Crippen LogP contribution in [0.1, 0.15) is 13.8 Å². The van der Waals surface area contributed by atoms with Crippen LogP contribution in [0.3, 0.4) is 0 Å². The fourth-order valence-corrected chi connectivity index (χ4v) is 1.48. The monoisotopic (exact) mass is 163 g/mol. The molecule has 1 unspecified atom stereocenters. The van der Waals surface area contributed by atoms with Crippen molar-refractivity contribution in [3.63, 3.8) is 0 Å². The van der Waals surface area contributed by atoms with Gasteiger partial charge in [0.05, 0.1) is 0 Å². The molecule has 0 aromatic carbocycles. The van der Waals surface area contributed by atoms with Crippen LogP contribution in [0.4, 0.5) is 0 Å². The van der Waals surface area contributed by atoms with Gasteiger partial charge in [0.15, 0.2) is 5.84 Å². The number of hydrogen-bond acceptors (Lipinski definition) is 3. The van der Waals surface area contributed by atoms with Crippen LogP contribution in [0.5, 0.6) is 0 Å². The minimum atomic E-state index is -0.242. The number of nitrogens with zero attached hydrogens (tertiary/aromatic N) is 2. The van der Waals surface area contributed by atoms with E-state index < -0.39 is 0 Å². The van der Waals surface area contributed by atoms with Crippen molar-refractivity contribution >= 4 is 17.5 Å². The summed E-state index contributed by atoms with van der Waals surface area (Å²) in [5.41, 5.74) is 4.33. The predicted molar refractivity (Wildman–Crippen MR) is 45.9 cm³/mol. The van der Waals surface area contributed by atoms with Gasteiger partial charge in [-0.3, -0.25) is 4.79 Å². The molecule has 4 nitrogen and oxygen atoms in total. The first-order chi connectivity index (χ1) is 5.68. The molecule has 1 amide bonds. The van der Waals surface area contributed by atoms with Crippen molar-refractivity contribution in [2.45, 2.75) is 13.8 Å². The number of amidine groups is 1. The lowest BCUT2D eigenvalue weighted by molar-refractivity contribution is -0.121. The maximum absolute atomic E-state index is 11.2. The van der Waals surface area contributed by atoms with Gasteiger partial charge >= 0.3 is 0 Å². The third kappa shape index (κ3) is 0.879. The molecule has 0 aliphatic carbocycles. The van der Waals surface area contributed by atoms with Crippen LogP contribution in [-0.4, -0.2) is 17.5 Å². The van der Waals surface area contributed by atoms with Gasteiger partial charge < -0.3 is 0 Å². The summed E-state index contributed by atoms with van der Waals surface area (Å²) in [6.45, 7) is 3.81. The molecule has 2 rings (SSSR count). The van der Waals surface area contributed by atoms with E-state index in [-0.39, 0.29) is 11.8 Å². The van der Waals surface area contributed by atoms with Gasteiger partial charge in [-0.05, 0) is 19.9 Å². The van der Waals surface area contributed by atoms with Crippen LogP contribution in [0.2, 0.25) is 0 Å². The summed E-state index contributed by atoms with van der Waals surface area (Å²) in [5.74, 6) is 0.279. The number of carbonyl (C=O) groups excluding carboxylic acids is 1. The molecule has 1 atom stereocenters. The summed E-state index contributed by atoms with van der Waals surface area (Å²) in [6, 6.07) is 0. The minimum Gasteiger partial charge on any atom is -0.272 e. The Morgan fingerprint density at radius 1 is 1.50 bits per heavy atom. The zero-order chi connectivity index (χ0) is 8.72. The summed E-state index contributed by atoms with van der Waals surface area (Å²) >= 11 is 0. The molecule has 0 aromatic rings. The van der Waals surface area contributed by atoms with Gasteiger partial charge in [0.25, 0.3) is 5.91 Å². The molecule has 62 valence electrons. The lowest BCUT2D eigenvalue weighted by atomic mass is 9.96. The molecule has 4 heteroatoms. The average Bonchev–Trinajstić information content (AvgIpc) is 2.31. The van der Waals surface area contributed by atoms with E-state index in [0.717, 1.165) is 11.3 Å². The number of dihydropyridines is 1. The number of fused-ring (bicyclic) bond motifs is 1. The molecule has 2 heterocycles. The highest BCUT2D eigenvalue weighted by molar-refractivity contribution is 6.17. The maximum Gasteiger partial charge on any atom is 0.255 e. The topological polar surface area (TPSA) is 53.8 Å². The van der Waals surface area contributed by atoms with Gasteiger partial charge in [-0.1, -0.05) is 5.57 Å². The number of rotatable bonds is 0. The van der Waals surface area contributed by atoms with Gasteiger partial charge in [-0.2, -0.15) is 5.10 Å². The highest BCUT2D eigenvalue weighted by Crippen LogP contribution is 2.21. The number of nitrogens with one attached hydrogen (secondary N) is 1. The van der Waals surface area contributed by atoms with Crippen molar-refractivity contribution < 1.29 is 4.79 Å². The first kappa shape index (κ1) is 7.21. The molecule has 0 fully saturated rings. The van der Waals surface area contributed by atoms with E-state index in [1.807, 2.05) is 19.9 Å². The summed E-state index contributed by atoms with van der Waals surface area (Å²) in [5, 5.41) is 3.83. The maximum atomic E-state index is 11.2. The van der Waals surface area contributed by atoms with E-state index >= 15 is 0 Å². The second kappa shape index (κ2) is 2.27. The lowest BCUT2D eigenvalue weighted by Gasteiger charge is -2.12. The third-order valence-corrected chi connectivity index (χ3v) is 1.98. The van der Waals surface area contributed by atoms with Crippen LogP contribution in [-0.2, 0) is 4.79 Å². The Morgan fingerprint density at radius 2 is 2.25 bits per heavy atom. The highest BCUT2D eigenvalue weighted by Gasteiger charge is 2.33. The molecular weight excluding hydrogens is 154 g/mol. The van der Waals surface area contributed by atoms with Crippen molar-refractivity contribution in [1.82, 2.24) is 5.43 Å². The molecule has 2 aliphatic heterocycles. The van der Waals surface area contributed by atoms with E-state index in [9.17, 15) is 4.79 Å². The molecule has 1 N–H and O–H groups in total. The number of amides is 1. The van der Waals surface area contributed by atoms with Crippen LogP contribution in [0.15, 0.2) is 21.7 Å². The standard InChI is InChI=1S/C8H9N3O/c1-4-3-5(2)9-7-6(4)8(12)11-10-7/h3,6H,1-2H3,(H,11,12). The SMILES string of the molecule is CC1=CC(C)=NC2=NNC(=O)C12. The Kier molecular flexibility index (Phi) is 1.36. The Morgan fingerprint density at radius 3 is 3.00 bits per heavy atom. The third-order valence-electron chi connectivity index (χ3n) is 1.98. The van der Waals surface area contributed by atoms with Gasteiger partial charge in [0.2, 0.25) is 0 Å². The molecule has 0 radical (unpaired) electrons. The van der Waals surface area contributed by atoms with Crippen molar-refractivity contribution in [3.8, 4) is 0 Å². The molecular formula is C8H9N3O. The number of hydrazone groups is 1. The van der Waals surface area contributed by atoms with E-state index in [1.54, 1.807) is 0 Å². The van der Waals surface area contributed by atoms with Crippen LogP contribution in [0, 0.1) is 5.92 Å². The van der Waals surface area contributed by atoms with Crippen LogP contribution < -0.4 is 5.43 Å². The number of carbonyl (C=O) groups is 1. The average molecular weight is 163 g/mol. The number of hydrogen-bond donors (Lipinski definition) is 1. The fourth-order valence-electron chi connectivity index (χ4n) is 1.48. The van der Waals surface area contributed by atoms with Gasteiger partial charge in [0, 0.05) is 5.71 Å². The minimum absolute atomic E-state index is 0.0741. The Labute approximate surface area is 70.1 Å². The zero-order valence-corrected chi connectivity index (χ0v) is 6.96. The summed E-state index contributed by atoms with van der Waals surface area (Å²) in [7, 11) is 0. The van der Waals surface area contributed by atoms with Gasteiger partial charge in [-0.15, -0.1) is 0 Å². The van der Waals surface area contributed by atoms with Crippen molar-refractivity contribution in [2.24, 2.45) is 16.0 Å².